The number of piperidine rings is 1. The van der Waals surface area contributed by atoms with Crippen LogP contribution < -0.4 is 16.4 Å². The van der Waals surface area contributed by atoms with Gasteiger partial charge in [0.15, 0.2) is 0 Å². The average Bonchev–Trinajstić information content (AvgIpc) is 2.73. The Bertz CT molecular complexity index is 526. The molecule has 2 aliphatic heterocycles. The van der Waals surface area contributed by atoms with Gasteiger partial charge < -0.3 is 11.1 Å². The van der Waals surface area contributed by atoms with Crippen molar-refractivity contribution >= 4 is 23.4 Å². The van der Waals surface area contributed by atoms with E-state index in [0.29, 0.717) is 37.1 Å². The zero-order valence-corrected chi connectivity index (χ0v) is 10.4. The lowest BCUT2D eigenvalue weighted by Crippen LogP contribution is -2.33. The highest BCUT2D eigenvalue weighted by molar-refractivity contribution is 5.99. The second-order valence-electron chi connectivity index (χ2n) is 4.38. The SMILES string of the molecule is Nc1cccc2c1CNC2=O.O=C1CCCC(=O)N1. The van der Waals surface area contributed by atoms with Gasteiger partial charge in [-0.15, -0.1) is 0 Å². The number of nitrogens with two attached hydrogens (primary N) is 1. The van der Waals surface area contributed by atoms with Crippen molar-refractivity contribution < 1.29 is 14.4 Å². The molecular weight excluding hydrogens is 246 g/mol. The Morgan fingerprint density at radius 3 is 2.26 bits per heavy atom. The number of amides is 3. The molecule has 0 unspecified atom stereocenters. The van der Waals surface area contributed by atoms with E-state index in [1.165, 1.54) is 0 Å². The molecule has 0 spiro atoms. The summed E-state index contributed by atoms with van der Waals surface area (Å²) in [6.07, 6.45) is 1.72. The van der Waals surface area contributed by atoms with Crippen molar-refractivity contribution in [3.05, 3.63) is 29.3 Å². The fourth-order valence-electron chi connectivity index (χ4n) is 1.97. The van der Waals surface area contributed by atoms with Crippen molar-refractivity contribution in [2.75, 3.05) is 5.73 Å². The number of benzene rings is 1. The molecule has 0 aromatic heterocycles. The van der Waals surface area contributed by atoms with Crippen molar-refractivity contribution in [2.24, 2.45) is 0 Å². The van der Waals surface area contributed by atoms with E-state index in [0.717, 1.165) is 5.56 Å². The first kappa shape index (κ1) is 13.1. The van der Waals surface area contributed by atoms with E-state index < -0.39 is 0 Å². The highest BCUT2D eigenvalue weighted by Crippen LogP contribution is 2.20. The Morgan fingerprint density at radius 2 is 1.74 bits per heavy atom. The smallest absolute Gasteiger partial charge is 0.251 e. The van der Waals surface area contributed by atoms with E-state index in [2.05, 4.69) is 10.6 Å². The minimum Gasteiger partial charge on any atom is -0.398 e. The Labute approximate surface area is 110 Å². The average molecular weight is 261 g/mol. The van der Waals surface area contributed by atoms with Crippen molar-refractivity contribution in [3.8, 4) is 0 Å². The molecule has 3 amide bonds. The highest BCUT2D eigenvalue weighted by Gasteiger charge is 2.19. The maximum absolute atomic E-state index is 11.1. The summed E-state index contributed by atoms with van der Waals surface area (Å²) in [6.45, 7) is 0.570. The summed E-state index contributed by atoms with van der Waals surface area (Å²) in [6, 6.07) is 5.38. The Balaban J connectivity index is 0.000000148. The molecule has 2 aliphatic rings. The number of fused-ring (bicyclic) bond motifs is 1. The zero-order valence-electron chi connectivity index (χ0n) is 10.4. The molecule has 0 bridgehead atoms. The third-order valence-electron chi connectivity index (χ3n) is 2.97. The van der Waals surface area contributed by atoms with Crippen LogP contribution in [0.25, 0.3) is 0 Å². The van der Waals surface area contributed by atoms with Gasteiger partial charge in [0.1, 0.15) is 0 Å². The Kier molecular flexibility index (Phi) is 3.79. The highest BCUT2D eigenvalue weighted by atomic mass is 16.2. The fourth-order valence-corrected chi connectivity index (χ4v) is 1.97. The molecule has 19 heavy (non-hydrogen) atoms. The van der Waals surface area contributed by atoms with Crippen LogP contribution in [-0.2, 0) is 16.1 Å². The van der Waals surface area contributed by atoms with Crippen LogP contribution in [-0.4, -0.2) is 17.7 Å². The number of nitrogens with one attached hydrogen (secondary N) is 2. The number of rotatable bonds is 0. The fraction of sp³-hybridized carbons (Fsp3) is 0.308. The molecule has 0 atom stereocenters. The molecule has 0 aliphatic carbocycles. The molecule has 4 N–H and O–H groups in total. The first-order valence-electron chi connectivity index (χ1n) is 6.06. The summed E-state index contributed by atoms with van der Waals surface area (Å²) in [5.41, 5.74) is 7.98. The van der Waals surface area contributed by atoms with Gasteiger partial charge in [0.05, 0.1) is 0 Å². The van der Waals surface area contributed by atoms with Crippen molar-refractivity contribution in [1.82, 2.24) is 10.6 Å². The predicted octanol–water partition coefficient (Wildman–Crippen LogP) is 0.325. The van der Waals surface area contributed by atoms with Crippen LogP contribution in [0.5, 0.6) is 0 Å². The van der Waals surface area contributed by atoms with Gasteiger partial charge in [-0.1, -0.05) is 6.07 Å². The van der Waals surface area contributed by atoms with E-state index >= 15 is 0 Å². The molecule has 6 nitrogen and oxygen atoms in total. The van der Waals surface area contributed by atoms with Crippen LogP contribution in [0.3, 0.4) is 0 Å². The standard InChI is InChI=1S/C8H8N2O.C5H7NO2/c9-7-3-1-2-5-6(7)4-10-8(5)11;7-4-2-1-3-5(8)6-4/h1-3H,4,9H2,(H,10,11);1-3H2,(H,6,7,8). The molecule has 1 aromatic carbocycles. The maximum atomic E-state index is 11.1. The molecule has 0 radical (unpaired) electrons. The van der Waals surface area contributed by atoms with Gasteiger partial charge in [0.2, 0.25) is 11.8 Å². The molecule has 1 fully saturated rings. The quantitative estimate of drug-likeness (QED) is 0.462. The first-order chi connectivity index (χ1) is 9.08. The molecule has 0 saturated carbocycles. The topological polar surface area (TPSA) is 101 Å². The van der Waals surface area contributed by atoms with E-state index in [-0.39, 0.29) is 17.7 Å². The summed E-state index contributed by atoms with van der Waals surface area (Å²) >= 11 is 0. The predicted molar refractivity (Wildman–Crippen MR) is 69.0 cm³/mol. The van der Waals surface area contributed by atoms with Gasteiger partial charge in [-0.25, -0.2) is 0 Å². The molecule has 1 saturated heterocycles. The maximum Gasteiger partial charge on any atom is 0.251 e. The number of hydrogen-bond donors (Lipinski definition) is 3. The van der Waals surface area contributed by atoms with E-state index in [4.69, 9.17) is 5.73 Å². The largest absolute Gasteiger partial charge is 0.398 e. The van der Waals surface area contributed by atoms with Crippen LogP contribution in [0.15, 0.2) is 18.2 Å². The van der Waals surface area contributed by atoms with E-state index in [1.54, 1.807) is 18.2 Å². The lowest BCUT2D eigenvalue weighted by Gasteiger charge is -2.07. The van der Waals surface area contributed by atoms with Gasteiger partial charge in [-0.2, -0.15) is 0 Å². The summed E-state index contributed by atoms with van der Waals surface area (Å²) in [5.74, 6) is -0.296. The Hall–Kier alpha value is -2.37. The lowest BCUT2D eigenvalue weighted by atomic mass is 10.1. The number of carbonyl (C=O) groups is 3. The van der Waals surface area contributed by atoms with E-state index in [1.807, 2.05) is 0 Å². The van der Waals surface area contributed by atoms with Crippen molar-refractivity contribution in [3.63, 3.8) is 0 Å². The van der Waals surface area contributed by atoms with Gasteiger partial charge in [0, 0.05) is 36.2 Å². The number of anilines is 1. The lowest BCUT2D eigenvalue weighted by molar-refractivity contribution is -0.132. The summed E-state index contributed by atoms with van der Waals surface area (Å²) in [5, 5.41) is 4.91. The van der Waals surface area contributed by atoms with Crippen LogP contribution >= 0.6 is 0 Å². The summed E-state index contributed by atoms with van der Waals surface area (Å²) in [4.78, 5) is 31.7. The monoisotopic (exact) mass is 261 g/mol. The molecule has 3 rings (SSSR count). The summed E-state index contributed by atoms with van der Waals surface area (Å²) < 4.78 is 0. The number of imide groups is 1. The normalized spacial score (nSPS) is 16.9. The second-order valence-corrected chi connectivity index (χ2v) is 4.38. The number of carbonyl (C=O) groups excluding carboxylic acids is 3. The zero-order chi connectivity index (χ0) is 13.8. The minimum atomic E-state index is -0.138. The van der Waals surface area contributed by atoms with Crippen molar-refractivity contribution in [2.45, 2.75) is 25.8 Å². The Morgan fingerprint density at radius 1 is 1.05 bits per heavy atom. The second kappa shape index (κ2) is 5.51. The van der Waals surface area contributed by atoms with Gasteiger partial charge in [-0.3, -0.25) is 19.7 Å². The van der Waals surface area contributed by atoms with Crippen molar-refractivity contribution in [1.29, 1.82) is 0 Å². The van der Waals surface area contributed by atoms with E-state index in [9.17, 15) is 14.4 Å². The van der Waals surface area contributed by atoms with Crippen LogP contribution in [0.1, 0.15) is 35.2 Å². The third kappa shape index (κ3) is 3.09. The minimum absolute atomic E-state index is 0.0210. The van der Waals surface area contributed by atoms with Crippen LogP contribution in [0, 0.1) is 0 Å². The molecule has 6 heteroatoms. The van der Waals surface area contributed by atoms with Gasteiger partial charge in [-0.05, 0) is 18.6 Å². The van der Waals surface area contributed by atoms with Crippen LogP contribution in [0.4, 0.5) is 5.69 Å². The first-order valence-corrected chi connectivity index (χ1v) is 6.06. The summed E-state index contributed by atoms with van der Waals surface area (Å²) in [7, 11) is 0. The van der Waals surface area contributed by atoms with Gasteiger partial charge >= 0.3 is 0 Å². The number of nitrogen functional groups attached to an aromatic ring is 1. The third-order valence-corrected chi connectivity index (χ3v) is 2.97. The number of hydrogen-bond acceptors (Lipinski definition) is 4. The van der Waals surface area contributed by atoms with Gasteiger partial charge in [0.25, 0.3) is 5.91 Å². The molecular formula is C13H15N3O3. The molecule has 2 heterocycles. The molecule has 1 aromatic rings. The molecule has 100 valence electrons. The van der Waals surface area contributed by atoms with Crippen LogP contribution in [0.2, 0.25) is 0 Å².